The Hall–Kier alpha value is -2.91. The fourth-order valence-corrected chi connectivity index (χ4v) is 6.10. The van der Waals surface area contributed by atoms with Gasteiger partial charge >= 0.3 is 5.97 Å². The quantitative estimate of drug-likeness (QED) is 0.0693. The van der Waals surface area contributed by atoms with Crippen LogP contribution in [0.4, 0.5) is 0 Å². The van der Waals surface area contributed by atoms with E-state index >= 15 is 0 Å². The van der Waals surface area contributed by atoms with Crippen molar-refractivity contribution in [3.63, 3.8) is 0 Å². The zero-order valence-corrected chi connectivity index (χ0v) is 29.4. The lowest BCUT2D eigenvalue weighted by atomic mass is 9.96. The minimum atomic E-state index is -0.255. The Balaban J connectivity index is 1.29. The maximum atomic E-state index is 12.7. The minimum absolute atomic E-state index is 0.0985. The molecule has 1 unspecified atom stereocenters. The molecule has 3 rings (SSSR count). The van der Waals surface area contributed by atoms with Crippen molar-refractivity contribution in [3.05, 3.63) is 83.9 Å². The zero-order chi connectivity index (χ0) is 32.7. The lowest BCUT2D eigenvalue weighted by molar-refractivity contribution is 0.0500. The molecule has 0 heterocycles. The Kier molecular flexibility index (Phi) is 19.1. The smallest absolute Gasteiger partial charge is 0.338 e. The molecule has 0 N–H and O–H groups in total. The summed E-state index contributed by atoms with van der Waals surface area (Å²) in [6, 6.07) is 24.8. The van der Waals surface area contributed by atoms with Crippen molar-refractivity contribution in [2.24, 2.45) is 0 Å². The van der Waals surface area contributed by atoms with Crippen LogP contribution in [0.1, 0.15) is 158 Å². The third kappa shape index (κ3) is 14.2. The van der Waals surface area contributed by atoms with Crippen LogP contribution in [0.15, 0.2) is 72.8 Å². The van der Waals surface area contributed by atoms with Crippen LogP contribution in [0.5, 0.6) is 0 Å². The maximum absolute atomic E-state index is 12.7. The Morgan fingerprint density at radius 3 is 1.52 bits per heavy atom. The molecule has 0 amide bonds. The summed E-state index contributed by atoms with van der Waals surface area (Å²) >= 11 is 0. The molecule has 252 valence electrons. The molecule has 0 aliphatic rings. The monoisotopic (exact) mass is 626 g/mol. The maximum Gasteiger partial charge on any atom is 0.338 e. The number of hydrogen-bond donors (Lipinski definition) is 0. The van der Waals surface area contributed by atoms with Crippen LogP contribution in [0, 0.1) is 0 Å². The molecule has 0 spiro atoms. The first-order valence-electron chi connectivity index (χ1n) is 18.7. The second-order valence-electron chi connectivity index (χ2n) is 13.1. The molecule has 0 aliphatic heterocycles. The van der Waals surface area contributed by atoms with E-state index in [-0.39, 0.29) is 12.1 Å². The molecule has 46 heavy (non-hydrogen) atoms. The lowest BCUT2D eigenvalue weighted by Gasteiger charge is -2.14. The van der Waals surface area contributed by atoms with Crippen LogP contribution in [-0.2, 0) is 9.47 Å². The van der Waals surface area contributed by atoms with E-state index in [1.165, 1.54) is 107 Å². The van der Waals surface area contributed by atoms with E-state index in [2.05, 4.69) is 69.3 Å². The molecule has 0 aliphatic carbocycles. The van der Waals surface area contributed by atoms with Gasteiger partial charge in [0, 0.05) is 6.61 Å². The van der Waals surface area contributed by atoms with Crippen LogP contribution >= 0.6 is 0 Å². The second-order valence-corrected chi connectivity index (χ2v) is 13.1. The molecule has 3 nitrogen and oxygen atoms in total. The Bertz CT molecular complexity index is 1200. The number of carbonyl (C=O) groups excluding carboxylic acids is 1. The third-order valence-electron chi connectivity index (χ3n) is 9.15. The molecule has 3 aromatic carbocycles. The van der Waals surface area contributed by atoms with E-state index in [1.54, 1.807) is 0 Å². The van der Waals surface area contributed by atoms with Gasteiger partial charge in [0.1, 0.15) is 0 Å². The van der Waals surface area contributed by atoms with Gasteiger partial charge in [0.15, 0.2) is 0 Å². The predicted molar refractivity (Wildman–Crippen MR) is 196 cm³/mol. The summed E-state index contributed by atoms with van der Waals surface area (Å²) in [5.41, 5.74) is 6.07. The van der Waals surface area contributed by atoms with Crippen molar-refractivity contribution in [2.75, 3.05) is 13.2 Å². The topological polar surface area (TPSA) is 35.5 Å². The summed E-state index contributed by atoms with van der Waals surface area (Å²) in [4.78, 5) is 12.7. The van der Waals surface area contributed by atoms with E-state index in [9.17, 15) is 4.79 Å². The predicted octanol–water partition coefficient (Wildman–Crippen LogP) is 13.3. The summed E-state index contributed by atoms with van der Waals surface area (Å²) in [6.07, 6.45) is 24.2. The van der Waals surface area contributed by atoms with Crippen molar-refractivity contribution in [2.45, 2.75) is 142 Å². The Morgan fingerprint density at radius 2 is 0.978 bits per heavy atom. The third-order valence-corrected chi connectivity index (χ3v) is 9.15. The molecule has 3 heteroatoms. The van der Waals surface area contributed by atoms with E-state index < -0.39 is 0 Å². The highest BCUT2D eigenvalue weighted by Gasteiger charge is 2.14. The van der Waals surface area contributed by atoms with Crippen molar-refractivity contribution < 1.29 is 14.3 Å². The summed E-state index contributed by atoms with van der Waals surface area (Å²) in [5.74, 6) is -0.255. The lowest BCUT2D eigenvalue weighted by Crippen LogP contribution is -2.07. The number of unbranched alkanes of at least 4 members (excludes halogenated alkanes) is 16. The molecule has 0 bridgehead atoms. The highest BCUT2D eigenvalue weighted by Crippen LogP contribution is 2.29. The fraction of sp³-hybridized carbons (Fsp3) is 0.558. The van der Waals surface area contributed by atoms with Gasteiger partial charge in [-0.3, -0.25) is 0 Å². The number of rotatable bonds is 25. The van der Waals surface area contributed by atoms with Gasteiger partial charge in [0.05, 0.1) is 18.3 Å². The zero-order valence-electron chi connectivity index (χ0n) is 29.4. The molecule has 0 radical (unpaired) electrons. The highest BCUT2D eigenvalue weighted by molar-refractivity contribution is 5.97. The van der Waals surface area contributed by atoms with Gasteiger partial charge in [-0.05, 0) is 53.6 Å². The molecular weight excluding hydrogens is 564 g/mol. The largest absolute Gasteiger partial charge is 0.462 e. The van der Waals surface area contributed by atoms with E-state index in [0.717, 1.165) is 42.6 Å². The first-order chi connectivity index (χ1) is 22.6. The van der Waals surface area contributed by atoms with Gasteiger partial charge in [0.2, 0.25) is 0 Å². The second kappa shape index (κ2) is 23.4. The SMILES string of the molecule is CCCCCCCCCCCCCCCCCCOC(C)c1ccc(-c2ccc(-c3ccccc3C(=O)OCCCC)cc2)cc1. The van der Waals surface area contributed by atoms with Crippen LogP contribution in [-0.4, -0.2) is 19.2 Å². The number of esters is 1. The van der Waals surface area contributed by atoms with Crippen LogP contribution in [0.25, 0.3) is 22.3 Å². The normalized spacial score (nSPS) is 11.9. The summed E-state index contributed by atoms with van der Waals surface area (Å²) in [6.45, 7) is 7.83. The molecule has 0 saturated carbocycles. The van der Waals surface area contributed by atoms with Gasteiger partial charge in [0.25, 0.3) is 0 Å². The van der Waals surface area contributed by atoms with Crippen molar-refractivity contribution in [1.29, 1.82) is 0 Å². The Labute approximate surface area is 281 Å². The Morgan fingerprint density at radius 1 is 0.522 bits per heavy atom. The molecular formula is C43H62O3. The summed E-state index contributed by atoms with van der Waals surface area (Å²) in [5, 5.41) is 0. The number of hydrogen-bond acceptors (Lipinski definition) is 3. The van der Waals surface area contributed by atoms with Crippen LogP contribution < -0.4 is 0 Å². The van der Waals surface area contributed by atoms with E-state index in [0.29, 0.717) is 12.2 Å². The summed E-state index contributed by atoms with van der Waals surface area (Å²) in [7, 11) is 0. The highest BCUT2D eigenvalue weighted by atomic mass is 16.5. The fourth-order valence-electron chi connectivity index (χ4n) is 6.10. The van der Waals surface area contributed by atoms with Gasteiger partial charge in [-0.2, -0.15) is 0 Å². The van der Waals surface area contributed by atoms with Gasteiger partial charge in [-0.25, -0.2) is 4.79 Å². The average Bonchev–Trinajstić information content (AvgIpc) is 3.09. The van der Waals surface area contributed by atoms with Crippen LogP contribution in [0.3, 0.4) is 0 Å². The molecule has 1 atom stereocenters. The summed E-state index contributed by atoms with van der Waals surface area (Å²) < 4.78 is 11.7. The number of ether oxygens (including phenoxy) is 2. The number of carbonyl (C=O) groups is 1. The van der Waals surface area contributed by atoms with Crippen molar-refractivity contribution >= 4 is 5.97 Å². The van der Waals surface area contributed by atoms with E-state index in [4.69, 9.17) is 9.47 Å². The van der Waals surface area contributed by atoms with Crippen molar-refractivity contribution in [3.8, 4) is 22.3 Å². The van der Waals surface area contributed by atoms with Crippen molar-refractivity contribution in [1.82, 2.24) is 0 Å². The van der Waals surface area contributed by atoms with E-state index in [1.807, 2.05) is 24.3 Å². The molecule has 0 saturated heterocycles. The van der Waals surface area contributed by atoms with Gasteiger partial charge < -0.3 is 9.47 Å². The molecule has 0 aromatic heterocycles. The average molecular weight is 627 g/mol. The standard InChI is InChI=1S/C43H62O3/c1-4-6-8-9-10-11-12-13-14-15-16-17-18-19-20-23-35-45-36(3)37-26-28-38(29-27-37)39-30-32-40(33-31-39)41-24-21-22-25-42(41)43(44)46-34-7-5-2/h21-22,24-33,36H,4-20,23,34-35H2,1-3H3. The van der Waals surface area contributed by atoms with Gasteiger partial charge in [-0.1, -0.05) is 183 Å². The van der Waals surface area contributed by atoms with Crippen LogP contribution in [0.2, 0.25) is 0 Å². The first kappa shape index (κ1) is 37.5. The molecule has 3 aromatic rings. The molecule has 0 fully saturated rings. The first-order valence-corrected chi connectivity index (χ1v) is 18.7. The number of benzene rings is 3. The minimum Gasteiger partial charge on any atom is -0.462 e. The van der Waals surface area contributed by atoms with Gasteiger partial charge in [-0.15, -0.1) is 0 Å².